The van der Waals surface area contributed by atoms with Gasteiger partial charge in [0.1, 0.15) is 5.92 Å². The van der Waals surface area contributed by atoms with E-state index in [0.717, 1.165) is 12.8 Å². The number of rotatable bonds is 7. The molecule has 1 saturated carbocycles. The van der Waals surface area contributed by atoms with E-state index in [2.05, 4.69) is 0 Å². The van der Waals surface area contributed by atoms with E-state index in [0.29, 0.717) is 19.1 Å². The Labute approximate surface area is 102 Å². The lowest BCUT2D eigenvalue weighted by molar-refractivity contribution is -0.151. The van der Waals surface area contributed by atoms with Crippen LogP contribution in [-0.2, 0) is 14.3 Å². The molecular formula is C12H21NO4. The lowest BCUT2D eigenvalue weighted by atomic mass is 10.1. The van der Waals surface area contributed by atoms with Gasteiger partial charge in [-0.05, 0) is 32.6 Å². The van der Waals surface area contributed by atoms with Gasteiger partial charge in [0.2, 0.25) is 5.91 Å². The minimum Gasteiger partial charge on any atom is -0.481 e. The molecule has 17 heavy (non-hydrogen) atoms. The highest BCUT2D eigenvalue weighted by Crippen LogP contribution is 2.35. The van der Waals surface area contributed by atoms with E-state index >= 15 is 0 Å². The maximum atomic E-state index is 12.1. The van der Waals surface area contributed by atoms with Crippen molar-refractivity contribution < 1.29 is 19.4 Å². The topological polar surface area (TPSA) is 66.8 Å². The smallest absolute Gasteiger partial charge is 0.315 e. The Morgan fingerprint density at radius 2 is 2.00 bits per heavy atom. The molecule has 1 aliphatic rings. The molecule has 5 heteroatoms. The van der Waals surface area contributed by atoms with Gasteiger partial charge >= 0.3 is 5.97 Å². The van der Waals surface area contributed by atoms with Crippen molar-refractivity contribution in [3.8, 4) is 0 Å². The van der Waals surface area contributed by atoms with Gasteiger partial charge in [0.25, 0.3) is 0 Å². The maximum absolute atomic E-state index is 12.1. The summed E-state index contributed by atoms with van der Waals surface area (Å²) in [5.41, 5.74) is 0. The summed E-state index contributed by atoms with van der Waals surface area (Å²) < 4.78 is 4.97. The van der Waals surface area contributed by atoms with Crippen molar-refractivity contribution in [2.75, 3.05) is 20.3 Å². The molecule has 2 unspecified atom stereocenters. The number of nitrogens with zero attached hydrogens (tertiary/aromatic N) is 1. The number of hydrogen-bond acceptors (Lipinski definition) is 3. The normalized spacial score (nSPS) is 18.5. The molecule has 2 atom stereocenters. The van der Waals surface area contributed by atoms with Gasteiger partial charge in [0.05, 0.1) is 6.61 Å². The number of carbonyl (C=O) groups is 2. The molecular weight excluding hydrogens is 222 g/mol. The third-order valence-corrected chi connectivity index (χ3v) is 3.36. The van der Waals surface area contributed by atoms with E-state index < -0.39 is 11.9 Å². The second-order valence-corrected chi connectivity index (χ2v) is 4.66. The first-order valence-corrected chi connectivity index (χ1v) is 6.01. The molecule has 5 nitrogen and oxygen atoms in total. The van der Waals surface area contributed by atoms with Gasteiger partial charge in [-0.1, -0.05) is 0 Å². The quantitative estimate of drug-likeness (QED) is 0.677. The molecule has 1 aliphatic carbocycles. The van der Waals surface area contributed by atoms with Gasteiger partial charge in [0, 0.05) is 19.7 Å². The Balaban J connectivity index is 2.66. The van der Waals surface area contributed by atoms with Gasteiger partial charge in [-0.25, -0.2) is 0 Å². The molecule has 0 heterocycles. The van der Waals surface area contributed by atoms with Crippen molar-refractivity contribution in [2.24, 2.45) is 11.8 Å². The van der Waals surface area contributed by atoms with Crippen LogP contribution in [0.25, 0.3) is 0 Å². The largest absolute Gasteiger partial charge is 0.481 e. The fourth-order valence-corrected chi connectivity index (χ4v) is 1.89. The Kier molecular flexibility index (Phi) is 4.93. The number of ether oxygens (including phenoxy) is 1. The molecule has 0 aromatic rings. The molecule has 0 spiro atoms. The zero-order chi connectivity index (χ0) is 13.0. The highest BCUT2D eigenvalue weighted by molar-refractivity contribution is 5.96. The monoisotopic (exact) mass is 243 g/mol. The summed E-state index contributed by atoms with van der Waals surface area (Å²) in [4.78, 5) is 24.6. The van der Waals surface area contributed by atoms with Crippen LogP contribution in [-0.4, -0.2) is 48.2 Å². The predicted molar refractivity (Wildman–Crippen MR) is 62.6 cm³/mol. The average molecular weight is 243 g/mol. The standard InChI is InChI=1S/C12H21NO4/c1-8(12(15)16)11(14)13(6-7-17-3)9(2)10-4-5-10/h8-10H,4-7H2,1-3H3,(H,15,16). The summed E-state index contributed by atoms with van der Waals surface area (Å²) in [7, 11) is 1.57. The van der Waals surface area contributed by atoms with Crippen molar-refractivity contribution in [1.82, 2.24) is 4.90 Å². The van der Waals surface area contributed by atoms with E-state index in [9.17, 15) is 9.59 Å². The molecule has 0 aromatic heterocycles. The van der Waals surface area contributed by atoms with Gasteiger partial charge < -0.3 is 14.7 Å². The lowest BCUT2D eigenvalue weighted by Crippen LogP contribution is -2.46. The van der Waals surface area contributed by atoms with E-state index in [4.69, 9.17) is 9.84 Å². The molecule has 1 N–H and O–H groups in total. The van der Waals surface area contributed by atoms with Crippen LogP contribution >= 0.6 is 0 Å². The Bertz CT molecular complexity index is 288. The number of methoxy groups -OCH3 is 1. The van der Waals surface area contributed by atoms with Crippen LogP contribution in [0.3, 0.4) is 0 Å². The molecule has 0 aliphatic heterocycles. The summed E-state index contributed by atoms with van der Waals surface area (Å²) in [6.45, 7) is 4.32. The molecule has 0 saturated heterocycles. The van der Waals surface area contributed by atoms with E-state index in [1.165, 1.54) is 6.92 Å². The van der Waals surface area contributed by atoms with E-state index in [1.807, 2.05) is 6.92 Å². The first kappa shape index (κ1) is 14.0. The van der Waals surface area contributed by atoms with Gasteiger partial charge in [0.15, 0.2) is 0 Å². The average Bonchev–Trinajstić information content (AvgIpc) is 3.11. The van der Waals surface area contributed by atoms with Crippen molar-refractivity contribution in [3.63, 3.8) is 0 Å². The minimum atomic E-state index is -1.07. The first-order valence-electron chi connectivity index (χ1n) is 6.01. The number of carboxylic acid groups (broad SMARTS) is 1. The SMILES string of the molecule is COCCN(C(=O)C(C)C(=O)O)C(C)C1CC1. The molecule has 0 radical (unpaired) electrons. The fourth-order valence-electron chi connectivity index (χ4n) is 1.89. The molecule has 1 fully saturated rings. The Hall–Kier alpha value is -1.10. The summed E-state index contributed by atoms with van der Waals surface area (Å²) in [6.07, 6.45) is 2.25. The van der Waals surface area contributed by atoms with Crippen LogP contribution in [0.4, 0.5) is 0 Å². The fraction of sp³-hybridized carbons (Fsp3) is 0.833. The summed E-state index contributed by atoms with van der Waals surface area (Å²) >= 11 is 0. The second kappa shape index (κ2) is 6.00. The molecule has 98 valence electrons. The van der Waals surface area contributed by atoms with Gasteiger partial charge in [-0.15, -0.1) is 0 Å². The summed E-state index contributed by atoms with van der Waals surface area (Å²) in [6, 6.07) is 0.111. The third-order valence-electron chi connectivity index (χ3n) is 3.36. The molecule has 0 bridgehead atoms. The third kappa shape index (κ3) is 3.70. The molecule has 1 rings (SSSR count). The predicted octanol–water partition coefficient (Wildman–Crippen LogP) is 0.981. The number of hydrogen-bond donors (Lipinski definition) is 1. The minimum absolute atomic E-state index is 0.111. The summed E-state index contributed by atoms with van der Waals surface area (Å²) in [5.74, 6) is -1.83. The molecule has 0 aromatic carbocycles. The second-order valence-electron chi connectivity index (χ2n) is 4.66. The lowest BCUT2D eigenvalue weighted by Gasteiger charge is -2.30. The Morgan fingerprint density at radius 1 is 1.41 bits per heavy atom. The van der Waals surface area contributed by atoms with Gasteiger partial charge in [-0.3, -0.25) is 9.59 Å². The van der Waals surface area contributed by atoms with Crippen molar-refractivity contribution >= 4 is 11.9 Å². The number of carboxylic acids is 1. The van der Waals surface area contributed by atoms with E-state index in [1.54, 1.807) is 12.0 Å². The summed E-state index contributed by atoms with van der Waals surface area (Å²) in [5, 5.41) is 8.88. The van der Waals surface area contributed by atoms with E-state index in [-0.39, 0.29) is 11.9 Å². The van der Waals surface area contributed by atoms with Crippen molar-refractivity contribution in [1.29, 1.82) is 0 Å². The van der Waals surface area contributed by atoms with Crippen molar-refractivity contribution in [3.05, 3.63) is 0 Å². The zero-order valence-corrected chi connectivity index (χ0v) is 10.7. The van der Waals surface area contributed by atoms with Crippen LogP contribution in [0.1, 0.15) is 26.7 Å². The van der Waals surface area contributed by atoms with Crippen LogP contribution in [0.15, 0.2) is 0 Å². The number of aliphatic carboxylic acids is 1. The van der Waals surface area contributed by atoms with Crippen molar-refractivity contribution in [2.45, 2.75) is 32.7 Å². The van der Waals surface area contributed by atoms with Crippen LogP contribution in [0.5, 0.6) is 0 Å². The zero-order valence-electron chi connectivity index (χ0n) is 10.7. The Morgan fingerprint density at radius 3 is 2.41 bits per heavy atom. The van der Waals surface area contributed by atoms with Crippen LogP contribution in [0, 0.1) is 11.8 Å². The first-order chi connectivity index (χ1) is 7.99. The number of carbonyl (C=O) groups excluding carboxylic acids is 1. The number of amides is 1. The van der Waals surface area contributed by atoms with Gasteiger partial charge in [-0.2, -0.15) is 0 Å². The van der Waals surface area contributed by atoms with Crippen LogP contribution in [0.2, 0.25) is 0 Å². The highest BCUT2D eigenvalue weighted by atomic mass is 16.5. The van der Waals surface area contributed by atoms with Crippen LogP contribution < -0.4 is 0 Å². The highest BCUT2D eigenvalue weighted by Gasteiger charge is 2.36. The molecule has 1 amide bonds. The maximum Gasteiger partial charge on any atom is 0.315 e.